The number of likely N-dealkylation sites (N-methyl/N-ethyl adjacent to an activating group) is 1. The van der Waals surface area contributed by atoms with Gasteiger partial charge in [0.15, 0.2) is 0 Å². The van der Waals surface area contributed by atoms with Crippen LogP contribution in [0.4, 0.5) is 0 Å². The fourth-order valence-electron chi connectivity index (χ4n) is 2.71. The maximum atomic E-state index is 12.3. The Morgan fingerprint density at radius 1 is 1.30 bits per heavy atom. The lowest BCUT2D eigenvalue weighted by Gasteiger charge is -2.32. The molecular weight excluding hydrogens is 294 g/mol. The number of carboxylic acid groups (broad SMARTS) is 1. The Bertz CT molecular complexity index is 475. The Labute approximate surface area is 139 Å². The first-order valence-corrected chi connectivity index (χ1v) is 8.29. The zero-order chi connectivity index (χ0) is 17.4. The number of carbonyl (C=O) groups excluding carboxylic acids is 2. The van der Waals surface area contributed by atoms with E-state index in [0.29, 0.717) is 32.4 Å². The first-order chi connectivity index (χ1) is 10.8. The molecule has 0 amide bonds. The van der Waals surface area contributed by atoms with E-state index in [1.54, 1.807) is 0 Å². The highest BCUT2D eigenvalue weighted by Crippen LogP contribution is 2.34. The molecule has 23 heavy (non-hydrogen) atoms. The van der Waals surface area contributed by atoms with Crippen LogP contribution in [0, 0.1) is 11.8 Å². The molecule has 0 unspecified atom stereocenters. The van der Waals surface area contributed by atoms with E-state index in [9.17, 15) is 14.7 Å². The van der Waals surface area contributed by atoms with Crippen molar-refractivity contribution in [1.82, 2.24) is 0 Å². The Kier molecular flexibility index (Phi) is 8.03. The van der Waals surface area contributed by atoms with Gasteiger partial charge in [-0.1, -0.05) is 23.3 Å². The summed E-state index contributed by atoms with van der Waals surface area (Å²) in [7, 11) is 3.95. The molecule has 0 radical (unpaired) electrons. The minimum atomic E-state index is -1.14. The van der Waals surface area contributed by atoms with E-state index in [1.165, 1.54) is 10.5 Å². The van der Waals surface area contributed by atoms with E-state index in [4.69, 9.17) is 4.74 Å². The number of allylic oxidation sites excluding steroid dienone is 4. The van der Waals surface area contributed by atoms with Gasteiger partial charge in [-0.15, -0.1) is 0 Å². The smallest absolute Gasteiger partial charge is 0.310 e. The van der Waals surface area contributed by atoms with Gasteiger partial charge in [0.1, 0.15) is 13.2 Å². The van der Waals surface area contributed by atoms with Crippen LogP contribution in [0.25, 0.3) is 0 Å². The van der Waals surface area contributed by atoms with Crippen molar-refractivity contribution >= 4 is 11.9 Å². The highest BCUT2D eigenvalue weighted by Gasteiger charge is 2.34. The van der Waals surface area contributed by atoms with Gasteiger partial charge in [-0.3, -0.25) is 4.79 Å². The van der Waals surface area contributed by atoms with Gasteiger partial charge in [0.05, 0.1) is 20.0 Å². The standard InChI is InChI=1S/C18H29NO4/c1-13(2)6-5-7-14-8-9-15(17(20)21)16(12-14)18(22)23-11-10-19(3)4/h6-7,15-16H,5,8-12H2,1-4H3,(H,20,21)/b14-7-/t15-,16-/m1/s1. The van der Waals surface area contributed by atoms with Crippen LogP contribution in [-0.2, 0) is 14.3 Å². The van der Waals surface area contributed by atoms with Crippen molar-refractivity contribution < 1.29 is 24.3 Å². The quantitative estimate of drug-likeness (QED) is 0.534. The molecular formula is C18H29NO4. The number of carboxylic acids is 1. The lowest BCUT2D eigenvalue weighted by atomic mass is 9.76. The summed E-state index contributed by atoms with van der Waals surface area (Å²) >= 11 is 0. The first kappa shape index (κ1) is 19.4. The van der Waals surface area contributed by atoms with Gasteiger partial charge in [0.25, 0.3) is 0 Å². The molecule has 0 heterocycles. The third kappa shape index (κ3) is 6.99. The molecule has 1 fully saturated rings. The van der Waals surface area contributed by atoms with Crippen LogP contribution < -0.4 is 10.0 Å². The second-order valence-electron chi connectivity index (χ2n) is 6.78. The third-order valence-corrected chi connectivity index (χ3v) is 4.13. The summed E-state index contributed by atoms with van der Waals surface area (Å²) in [5, 5.41) is 11.3. The van der Waals surface area contributed by atoms with Crippen LogP contribution in [-0.4, -0.2) is 39.2 Å². The van der Waals surface area contributed by atoms with Crippen LogP contribution >= 0.6 is 0 Å². The lowest BCUT2D eigenvalue weighted by molar-refractivity contribution is -0.858. The molecule has 0 aromatic rings. The molecule has 1 N–H and O–H groups in total. The minimum absolute atomic E-state index is 0.314. The predicted molar refractivity (Wildman–Crippen MR) is 86.6 cm³/mol. The van der Waals surface area contributed by atoms with E-state index < -0.39 is 23.8 Å². The largest absolute Gasteiger partial charge is 0.550 e. The van der Waals surface area contributed by atoms with Gasteiger partial charge in [0.2, 0.25) is 0 Å². The summed E-state index contributed by atoms with van der Waals surface area (Å²) in [6.07, 6.45) is 6.65. The summed E-state index contributed by atoms with van der Waals surface area (Å²) in [4.78, 5) is 24.8. The molecule has 1 rings (SSSR count). The Morgan fingerprint density at radius 2 is 2.00 bits per heavy atom. The number of hydrogen-bond donors (Lipinski definition) is 1. The summed E-state index contributed by atoms with van der Waals surface area (Å²) in [6.45, 7) is 5.10. The number of rotatable bonds is 7. The van der Waals surface area contributed by atoms with Crippen LogP contribution in [0.15, 0.2) is 23.3 Å². The molecule has 1 aliphatic rings. The monoisotopic (exact) mass is 323 g/mol. The molecule has 1 aliphatic carbocycles. The zero-order valence-corrected chi connectivity index (χ0v) is 14.7. The molecule has 5 nitrogen and oxygen atoms in total. The van der Waals surface area contributed by atoms with Crippen LogP contribution in [0.1, 0.15) is 39.5 Å². The van der Waals surface area contributed by atoms with Crippen molar-refractivity contribution in [2.45, 2.75) is 39.5 Å². The van der Waals surface area contributed by atoms with E-state index in [2.05, 4.69) is 12.2 Å². The number of aliphatic carboxylic acids is 1. The molecule has 0 aliphatic heterocycles. The summed E-state index contributed by atoms with van der Waals surface area (Å²) in [5.74, 6) is -2.92. The Balaban J connectivity index is 2.70. The van der Waals surface area contributed by atoms with Gasteiger partial charge in [-0.05, 0) is 39.5 Å². The van der Waals surface area contributed by atoms with Crippen LogP contribution in [0.5, 0.6) is 0 Å². The first-order valence-electron chi connectivity index (χ1n) is 8.29. The Morgan fingerprint density at radius 3 is 2.57 bits per heavy atom. The number of quaternary nitrogens is 1. The SMILES string of the molecule is CC(C)=CC/C=C1/CC[C@@H](C(=O)[O-])[C@H](C(=O)OCC[NH+](C)C)C1. The van der Waals surface area contributed by atoms with Gasteiger partial charge in [0, 0.05) is 11.9 Å². The number of ether oxygens (including phenoxy) is 1. The lowest BCUT2D eigenvalue weighted by Crippen LogP contribution is -3.06. The molecule has 0 spiro atoms. The fraction of sp³-hybridized carbons (Fsp3) is 0.667. The number of hydrogen-bond acceptors (Lipinski definition) is 4. The maximum Gasteiger partial charge on any atom is 0.310 e. The molecule has 2 atom stereocenters. The molecule has 5 heteroatoms. The zero-order valence-electron chi connectivity index (χ0n) is 14.7. The minimum Gasteiger partial charge on any atom is -0.550 e. The van der Waals surface area contributed by atoms with Crippen molar-refractivity contribution in [2.24, 2.45) is 11.8 Å². The predicted octanol–water partition coefficient (Wildman–Crippen LogP) is 0.123. The molecule has 0 aromatic heterocycles. The normalized spacial score (nSPS) is 22.9. The molecule has 1 saturated carbocycles. The third-order valence-electron chi connectivity index (χ3n) is 4.13. The van der Waals surface area contributed by atoms with Crippen molar-refractivity contribution in [1.29, 1.82) is 0 Å². The Hall–Kier alpha value is -1.62. The van der Waals surface area contributed by atoms with Gasteiger partial charge >= 0.3 is 5.97 Å². The molecule has 130 valence electrons. The maximum absolute atomic E-state index is 12.3. The number of carbonyl (C=O) groups is 2. The van der Waals surface area contributed by atoms with E-state index in [-0.39, 0.29) is 0 Å². The average Bonchev–Trinajstić information content (AvgIpc) is 2.46. The van der Waals surface area contributed by atoms with Gasteiger partial charge < -0.3 is 19.5 Å². The van der Waals surface area contributed by atoms with Gasteiger partial charge in [-0.2, -0.15) is 0 Å². The van der Waals surface area contributed by atoms with Crippen LogP contribution in [0.3, 0.4) is 0 Å². The second kappa shape index (κ2) is 9.50. The van der Waals surface area contributed by atoms with E-state index in [1.807, 2.05) is 27.9 Å². The highest BCUT2D eigenvalue weighted by molar-refractivity contribution is 5.81. The summed E-state index contributed by atoms with van der Waals surface area (Å²) in [5.41, 5.74) is 2.38. The summed E-state index contributed by atoms with van der Waals surface area (Å²) < 4.78 is 5.27. The fourth-order valence-corrected chi connectivity index (χ4v) is 2.71. The second-order valence-corrected chi connectivity index (χ2v) is 6.78. The van der Waals surface area contributed by atoms with Crippen molar-refractivity contribution in [3.8, 4) is 0 Å². The highest BCUT2D eigenvalue weighted by atomic mass is 16.5. The number of esters is 1. The van der Waals surface area contributed by atoms with Gasteiger partial charge in [-0.25, -0.2) is 0 Å². The van der Waals surface area contributed by atoms with Crippen LogP contribution in [0.2, 0.25) is 0 Å². The van der Waals surface area contributed by atoms with Crippen molar-refractivity contribution in [2.75, 3.05) is 27.2 Å². The number of nitrogens with one attached hydrogen (secondary N) is 1. The molecule has 0 saturated heterocycles. The van der Waals surface area contributed by atoms with Crippen molar-refractivity contribution in [3.05, 3.63) is 23.3 Å². The van der Waals surface area contributed by atoms with E-state index in [0.717, 1.165) is 12.0 Å². The summed E-state index contributed by atoms with van der Waals surface area (Å²) in [6, 6.07) is 0. The molecule has 0 aromatic carbocycles. The van der Waals surface area contributed by atoms with Crippen molar-refractivity contribution in [3.63, 3.8) is 0 Å². The molecule has 0 bridgehead atoms. The average molecular weight is 323 g/mol. The van der Waals surface area contributed by atoms with E-state index >= 15 is 0 Å². The topological polar surface area (TPSA) is 70.9 Å².